The van der Waals surface area contributed by atoms with Gasteiger partial charge in [-0.3, -0.25) is 4.84 Å². The molecule has 0 aromatic heterocycles. The zero-order valence-corrected chi connectivity index (χ0v) is 10.7. The number of hydroxylamine groups is 1. The van der Waals surface area contributed by atoms with Gasteiger partial charge in [-0.25, -0.2) is 13.5 Å². The maximum Gasteiger partial charge on any atom is 0.175 e. The summed E-state index contributed by atoms with van der Waals surface area (Å²) in [4.78, 5) is 5.61. The molecule has 0 N–H and O–H groups in total. The third kappa shape index (κ3) is 3.77. The van der Waals surface area contributed by atoms with Crippen molar-refractivity contribution in [2.75, 3.05) is 24.5 Å². The van der Waals surface area contributed by atoms with Crippen LogP contribution in [0.1, 0.15) is 6.92 Å². The average Bonchev–Trinajstić information content (AvgIpc) is 2.28. The molecule has 0 aliphatic heterocycles. The van der Waals surface area contributed by atoms with E-state index in [0.29, 0.717) is 13.2 Å². The Kier molecular flexibility index (Phi) is 4.55. The van der Waals surface area contributed by atoms with Gasteiger partial charge in [-0.2, -0.15) is 0 Å². The highest BCUT2D eigenvalue weighted by molar-refractivity contribution is 7.90. The van der Waals surface area contributed by atoms with Gasteiger partial charge in [-0.15, -0.1) is 6.42 Å². The van der Waals surface area contributed by atoms with Gasteiger partial charge in [0, 0.05) is 6.26 Å². The SMILES string of the molecule is C#CCN(OCC)c1ccc(S(C)(=O)=O)cc1. The first kappa shape index (κ1) is 13.6. The first-order valence-electron chi connectivity index (χ1n) is 5.13. The molecule has 0 saturated carbocycles. The maximum atomic E-state index is 11.3. The fourth-order valence-corrected chi connectivity index (χ4v) is 1.94. The number of benzene rings is 1. The van der Waals surface area contributed by atoms with E-state index in [1.54, 1.807) is 17.2 Å². The molecule has 0 spiro atoms. The van der Waals surface area contributed by atoms with Gasteiger partial charge in [0.2, 0.25) is 0 Å². The van der Waals surface area contributed by atoms with Gasteiger partial charge in [0.15, 0.2) is 9.84 Å². The minimum absolute atomic E-state index is 0.276. The molecule has 0 aliphatic carbocycles. The van der Waals surface area contributed by atoms with Crippen molar-refractivity contribution < 1.29 is 13.3 Å². The highest BCUT2D eigenvalue weighted by Crippen LogP contribution is 2.18. The monoisotopic (exact) mass is 253 g/mol. The van der Waals surface area contributed by atoms with Crippen molar-refractivity contribution in [1.82, 2.24) is 0 Å². The Labute approximate surface area is 102 Å². The molecule has 1 aromatic carbocycles. The molecule has 17 heavy (non-hydrogen) atoms. The normalized spacial score (nSPS) is 10.9. The summed E-state index contributed by atoms with van der Waals surface area (Å²) in [5.41, 5.74) is 0.734. The van der Waals surface area contributed by atoms with Crippen molar-refractivity contribution in [2.24, 2.45) is 0 Å². The second-order valence-electron chi connectivity index (χ2n) is 3.42. The number of hydrogen-bond donors (Lipinski definition) is 0. The lowest BCUT2D eigenvalue weighted by Gasteiger charge is -2.20. The summed E-state index contributed by atoms with van der Waals surface area (Å²) in [5.74, 6) is 2.48. The third-order valence-corrected chi connectivity index (χ3v) is 3.20. The number of sulfone groups is 1. The Morgan fingerprint density at radius 2 is 1.94 bits per heavy atom. The van der Waals surface area contributed by atoms with Crippen molar-refractivity contribution >= 4 is 15.5 Å². The van der Waals surface area contributed by atoms with Crippen LogP contribution in [0, 0.1) is 12.3 Å². The Morgan fingerprint density at radius 1 is 1.35 bits per heavy atom. The fraction of sp³-hybridized carbons (Fsp3) is 0.333. The van der Waals surface area contributed by atoms with Crippen molar-refractivity contribution in [3.05, 3.63) is 24.3 Å². The van der Waals surface area contributed by atoms with Crippen LogP contribution in [0.25, 0.3) is 0 Å². The second-order valence-corrected chi connectivity index (χ2v) is 5.44. The van der Waals surface area contributed by atoms with Crippen molar-refractivity contribution in [1.29, 1.82) is 0 Å². The van der Waals surface area contributed by atoms with Gasteiger partial charge in [0.05, 0.1) is 17.2 Å². The molecule has 0 fully saturated rings. The lowest BCUT2D eigenvalue weighted by atomic mass is 10.3. The third-order valence-electron chi connectivity index (χ3n) is 2.07. The molecular weight excluding hydrogens is 238 g/mol. The van der Waals surface area contributed by atoms with Crippen molar-refractivity contribution in [3.8, 4) is 12.3 Å². The number of terminal acetylenes is 1. The number of rotatable bonds is 5. The molecule has 0 atom stereocenters. The second kappa shape index (κ2) is 5.71. The molecule has 0 bridgehead atoms. The molecule has 0 heterocycles. The fourth-order valence-electron chi connectivity index (χ4n) is 1.31. The minimum atomic E-state index is -3.17. The van der Waals surface area contributed by atoms with E-state index in [1.807, 2.05) is 6.92 Å². The molecule has 1 rings (SSSR count). The van der Waals surface area contributed by atoms with Crippen LogP contribution in [-0.2, 0) is 14.7 Å². The highest BCUT2D eigenvalue weighted by Gasteiger charge is 2.09. The van der Waals surface area contributed by atoms with Gasteiger partial charge >= 0.3 is 0 Å². The average molecular weight is 253 g/mol. The van der Waals surface area contributed by atoms with Gasteiger partial charge in [0.1, 0.15) is 6.54 Å². The molecule has 1 aromatic rings. The van der Waals surface area contributed by atoms with E-state index in [2.05, 4.69) is 5.92 Å². The van der Waals surface area contributed by atoms with E-state index < -0.39 is 9.84 Å². The zero-order chi connectivity index (χ0) is 12.9. The van der Waals surface area contributed by atoms with Crippen molar-refractivity contribution in [3.63, 3.8) is 0 Å². The molecule has 0 unspecified atom stereocenters. The molecule has 0 amide bonds. The van der Waals surface area contributed by atoms with Crippen LogP contribution in [0.5, 0.6) is 0 Å². The maximum absolute atomic E-state index is 11.3. The smallest absolute Gasteiger partial charge is 0.175 e. The van der Waals surface area contributed by atoms with E-state index in [0.717, 1.165) is 5.69 Å². The summed E-state index contributed by atoms with van der Waals surface area (Å²) in [6, 6.07) is 6.41. The standard InChI is InChI=1S/C12H15NO3S/c1-4-10-13(16-5-2)11-6-8-12(9-7-11)17(3,14)15/h1,6-9H,5,10H2,2-3H3. The summed E-state index contributed by atoms with van der Waals surface area (Å²) < 4.78 is 22.6. The minimum Gasteiger partial charge on any atom is -0.273 e. The number of nitrogens with zero attached hydrogens (tertiary/aromatic N) is 1. The first-order valence-corrected chi connectivity index (χ1v) is 7.02. The van der Waals surface area contributed by atoms with Gasteiger partial charge in [-0.05, 0) is 31.2 Å². The predicted molar refractivity (Wildman–Crippen MR) is 67.4 cm³/mol. The van der Waals surface area contributed by atoms with E-state index in [4.69, 9.17) is 11.3 Å². The Bertz CT molecular complexity index is 500. The van der Waals surface area contributed by atoms with E-state index in [9.17, 15) is 8.42 Å². The summed E-state index contributed by atoms with van der Waals surface area (Å²) in [6.07, 6.45) is 6.40. The molecule has 92 valence electrons. The first-order chi connectivity index (χ1) is 7.99. The van der Waals surface area contributed by atoms with Crippen LogP contribution < -0.4 is 5.06 Å². The molecule has 0 saturated heterocycles. The van der Waals surface area contributed by atoms with Gasteiger partial charge in [-0.1, -0.05) is 5.92 Å². The van der Waals surface area contributed by atoms with Crippen LogP contribution in [0.15, 0.2) is 29.2 Å². The molecule has 5 heteroatoms. The highest BCUT2D eigenvalue weighted by atomic mass is 32.2. The van der Waals surface area contributed by atoms with Crippen LogP contribution >= 0.6 is 0 Å². The topological polar surface area (TPSA) is 46.6 Å². The van der Waals surface area contributed by atoms with E-state index in [1.165, 1.54) is 18.4 Å². The Morgan fingerprint density at radius 3 is 2.35 bits per heavy atom. The summed E-state index contributed by atoms with van der Waals surface area (Å²) in [7, 11) is -3.17. The molecule has 0 aliphatic rings. The Balaban J connectivity index is 2.96. The van der Waals surface area contributed by atoms with Gasteiger partial charge < -0.3 is 0 Å². The largest absolute Gasteiger partial charge is 0.273 e. The Hall–Kier alpha value is -1.51. The van der Waals surface area contributed by atoms with Gasteiger partial charge in [0.25, 0.3) is 0 Å². The zero-order valence-electron chi connectivity index (χ0n) is 9.88. The predicted octanol–water partition coefficient (Wildman–Crippen LogP) is 1.48. The lowest BCUT2D eigenvalue weighted by Crippen LogP contribution is -2.23. The van der Waals surface area contributed by atoms with E-state index in [-0.39, 0.29) is 4.90 Å². The summed E-state index contributed by atoms with van der Waals surface area (Å²) in [6.45, 7) is 2.66. The van der Waals surface area contributed by atoms with Crippen molar-refractivity contribution in [2.45, 2.75) is 11.8 Å². The quantitative estimate of drug-likeness (QED) is 0.589. The summed E-state index contributed by atoms with van der Waals surface area (Å²) >= 11 is 0. The molecule has 0 radical (unpaired) electrons. The van der Waals surface area contributed by atoms with Crippen LogP contribution in [-0.4, -0.2) is 27.8 Å². The number of anilines is 1. The number of hydrogen-bond acceptors (Lipinski definition) is 4. The lowest BCUT2D eigenvalue weighted by molar-refractivity contribution is 0.128. The molecule has 4 nitrogen and oxygen atoms in total. The van der Waals surface area contributed by atoms with Crippen LogP contribution in [0.3, 0.4) is 0 Å². The van der Waals surface area contributed by atoms with Crippen LogP contribution in [0.2, 0.25) is 0 Å². The van der Waals surface area contributed by atoms with Crippen LogP contribution in [0.4, 0.5) is 5.69 Å². The molecular formula is C12H15NO3S. The van der Waals surface area contributed by atoms with E-state index >= 15 is 0 Å². The summed E-state index contributed by atoms with van der Waals surface area (Å²) in [5, 5.41) is 1.55.